The highest BCUT2D eigenvalue weighted by molar-refractivity contribution is 5.32. The van der Waals surface area contributed by atoms with Crippen LogP contribution in [0.2, 0.25) is 0 Å². The molecule has 0 aliphatic rings. The van der Waals surface area contributed by atoms with Crippen molar-refractivity contribution in [2.75, 3.05) is 5.32 Å². The Morgan fingerprint density at radius 2 is 2.33 bits per heavy atom. The lowest BCUT2D eigenvalue weighted by molar-refractivity contribution is 0.580. The van der Waals surface area contributed by atoms with E-state index in [1.165, 1.54) is 12.4 Å². The summed E-state index contributed by atoms with van der Waals surface area (Å²) in [5, 5.41) is 6.99. The standard InChI is InChI=1S/C9H10FN5/c1-15-7(2-3-14-15)5-11-9-4-8(10)12-6-13-9/h2-4,6H,5H2,1H3,(H,11,12,13). The Morgan fingerprint density at radius 3 is 3.00 bits per heavy atom. The molecule has 0 saturated heterocycles. The van der Waals surface area contributed by atoms with E-state index >= 15 is 0 Å². The zero-order valence-corrected chi connectivity index (χ0v) is 8.18. The fourth-order valence-electron chi connectivity index (χ4n) is 1.19. The van der Waals surface area contributed by atoms with Crippen LogP contribution >= 0.6 is 0 Å². The Morgan fingerprint density at radius 1 is 1.47 bits per heavy atom. The number of hydrogen-bond acceptors (Lipinski definition) is 4. The van der Waals surface area contributed by atoms with E-state index in [0.29, 0.717) is 12.4 Å². The SMILES string of the molecule is Cn1nccc1CNc1cc(F)ncn1. The second-order valence-electron chi connectivity index (χ2n) is 3.03. The number of halogens is 1. The third kappa shape index (κ3) is 2.28. The van der Waals surface area contributed by atoms with Gasteiger partial charge in [0, 0.05) is 19.3 Å². The number of rotatable bonds is 3. The summed E-state index contributed by atoms with van der Waals surface area (Å²) in [7, 11) is 1.84. The summed E-state index contributed by atoms with van der Waals surface area (Å²) < 4.78 is 14.4. The quantitative estimate of drug-likeness (QED) is 0.762. The first-order valence-electron chi connectivity index (χ1n) is 4.44. The Bertz CT molecular complexity index is 453. The van der Waals surface area contributed by atoms with E-state index in [2.05, 4.69) is 20.4 Å². The van der Waals surface area contributed by atoms with Crippen LogP contribution < -0.4 is 5.32 Å². The molecule has 15 heavy (non-hydrogen) atoms. The summed E-state index contributed by atoms with van der Waals surface area (Å²) in [6.45, 7) is 0.549. The lowest BCUT2D eigenvalue weighted by Gasteiger charge is -2.04. The minimum absolute atomic E-state index is 0.462. The highest BCUT2D eigenvalue weighted by Gasteiger charge is 2.00. The average molecular weight is 207 g/mol. The highest BCUT2D eigenvalue weighted by Crippen LogP contribution is 2.05. The van der Waals surface area contributed by atoms with Gasteiger partial charge in [-0.2, -0.15) is 9.49 Å². The molecule has 5 nitrogen and oxygen atoms in total. The molecule has 0 aliphatic carbocycles. The number of anilines is 1. The molecule has 0 amide bonds. The first kappa shape index (κ1) is 9.57. The summed E-state index contributed by atoms with van der Waals surface area (Å²) in [6.07, 6.45) is 2.89. The van der Waals surface area contributed by atoms with Crippen LogP contribution in [0.3, 0.4) is 0 Å². The molecule has 0 spiro atoms. The van der Waals surface area contributed by atoms with Crippen LogP contribution in [0.25, 0.3) is 0 Å². The van der Waals surface area contributed by atoms with Crippen molar-refractivity contribution in [3.05, 3.63) is 36.3 Å². The fraction of sp³-hybridized carbons (Fsp3) is 0.222. The van der Waals surface area contributed by atoms with E-state index in [9.17, 15) is 4.39 Å². The third-order valence-corrected chi connectivity index (χ3v) is 2.01. The number of aromatic nitrogens is 4. The van der Waals surface area contributed by atoms with Crippen molar-refractivity contribution in [3.8, 4) is 0 Å². The van der Waals surface area contributed by atoms with Gasteiger partial charge >= 0.3 is 0 Å². The molecule has 2 rings (SSSR count). The molecule has 2 heterocycles. The number of hydrogen-bond donors (Lipinski definition) is 1. The van der Waals surface area contributed by atoms with Crippen LogP contribution in [-0.4, -0.2) is 19.7 Å². The van der Waals surface area contributed by atoms with Crippen LogP contribution in [0.5, 0.6) is 0 Å². The molecule has 0 aromatic carbocycles. The van der Waals surface area contributed by atoms with Gasteiger partial charge in [-0.05, 0) is 6.07 Å². The molecule has 0 aliphatic heterocycles. The highest BCUT2D eigenvalue weighted by atomic mass is 19.1. The van der Waals surface area contributed by atoms with Gasteiger partial charge in [0.1, 0.15) is 12.1 Å². The normalized spacial score (nSPS) is 10.3. The molecule has 0 atom stereocenters. The van der Waals surface area contributed by atoms with Crippen LogP contribution in [0.4, 0.5) is 10.2 Å². The average Bonchev–Trinajstić information content (AvgIpc) is 2.61. The van der Waals surface area contributed by atoms with Gasteiger partial charge in [-0.1, -0.05) is 0 Å². The number of nitrogens with zero attached hydrogens (tertiary/aromatic N) is 4. The molecule has 2 aromatic heterocycles. The molecule has 1 N–H and O–H groups in total. The van der Waals surface area contributed by atoms with Crippen LogP contribution in [0.1, 0.15) is 5.69 Å². The molecule has 0 fully saturated rings. The molecule has 2 aromatic rings. The van der Waals surface area contributed by atoms with Crippen molar-refractivity contribution in [1.82, 2.24) is 19.7 Å². The van der Waals surface area contributed by atoms with Crippen molar-refractivity contribution < 1.29 is 4.39 Å². The number of aryl methyl sites for hydroxylation is 1. The minimum Gasteiger partial charge on any atom is -0.364 e. The van der Waals surface area contributed by atoms with Gasteiger partial charge in [-0.15, -0.1) is 0 Å². The third-order valence-electron chi connectivity index (χ3n) is 2.01. The van der Waals surface area contributed by atoms with E-state index in [1.807, 2.05) is 13.1 Å². The van der Waals surface area contributed by atoms with Gasteiger partial charge in [0.05, 0.1) is 12.2 Å². The molecular formula is C9H10FN5. The Hall–Kier alpha value is -1.98. The Kier molecular flexibility index (Phi) is 2.57. The molecule has 0 unspecified atom stereocenters. The van der Waals surface area contributed by atoms with Crippen LogP contribution in [-0.2, 0) is 13.6 Å². The lowest BCUT2D eigenvalue weighted by Crippen LogP contribution is -2.06. The Labute approximate surface area is 86.0 Å². The van der Waals surface area contributed by atoms with E-state index in [-0.39, 0.29) is 0 Å². The molecule has 0 saturated carbocycles. The minimum atomic E-state index is -0.544. The number of nitrogens with one attached hydrogen (secondary N) is 1. The summed E-state index contributed by atoms with van der Waals surface area (Å²) in [5.41, 5.74) is 0.994. The van der Waals surface area contributed by atoms with Crippen molar-refractivity contribution in [2.24, 2.45) is 7.05 Å². The van der Waals surface area contributed by atoms with Crippen molar-refractivity contribution in [2.45, 2.75) is 6.54 Å². The molecule has 6 heteroatoms. The first-order chi connectivity index (χ1) is 7.25. The van der Waals surface area contributed by atoms with Gasteiger partial charge in [-0.3, -0.25) is 4.68 Å². The molecule has 0 radical (unpaired) electrons. The van der Waals surface area contributed by atoms with E-state index < -0.39 is 5.95 Å². The van der Waals surface area contributed by atoms with Gasteiger partial charge in [-0.25, -0.2) is 9.97 Å². The van der Waals surface area contributed by atoms with Crippen molar-refractivity contribution in [3.63, 3.8) is 0 Å². The van der Waals surface area contributed by atoms with Crippen molar-refractivity contribution >= 4 is 5.82 Å². The summed E-state index contributed by atoms with van der Waals surface area (Å²) in [5.74, 6) is -0.0822. The zero-order chi connectivity index (χ0) is 10.7. The van der Waals surface area contributed by atoms with E-state index in [4.69, 9.17) is 0 Å². The van der Waals surface area contributed by atoms with Gasteiger partial charge < -0.3 is 5.32 Å². The second kappa shape index (κ2) is 4.04. The molecule has 0 bridgehead atoms. The topological polar surface area (TPSA) is 55.6 Å². The van der Waals surface area contributed by atoms with E-state index in [0.717, 1.165) is 5.69 Å². The van der Waals surface area contributed by atoms with Crippen LogP contribution in [0.15, 0.2) is 24.7 Å². The molecular weight excluding hydrogens is 197 g/mol. The van der Waals surface area contributed by atoms with Crippen LogP contribution in [0, 0.1) is 5.95 Å². The van der Waals surface area contributed by atoms with Gasteiger partial charge in [0.15, 0.2) is 0 Å². The molecule has 78 valence electrons. The second-order valence-corrected chi connectivity index (χ2v) is 3.03. The summed E-state index contributed by atoms with van der Waals surface area (Å²) in [6, 6.07) is 3.13. The smallest absolute Gasteiger partial charge is 0.217 e. The maximum absolute atomic E-state index is 12.7. The first-order valence-corrected chi connectivity index (χ1v) is 4.44. The maximum atomic E-state index is 12.7. The monoisotopic (exact) mass is 207 g/mol. The predicted octanol–water partition coefficient (Wildman–Crippen LogP) is 0.961. The van der Waals surface area contributed by atoms with Crippen molar-refractivity contribution in [1.29, 1.82) is 0 Å². The fourth-order valence-corrected chi connectivity index (χ4v) is 1.19. The predicted molar refractivity (Wildman–Crippen MR) is 52.5 cm³/mol. The maximum Gasteiger partial charge on any atom is 0.217 e. The Balaban J connectivity index is 2.02. The van der Waals surface area contributed by atoms with Gasteiger partial charge in [0.25, 0.3) is 0 Å². The zero-order valence-electron chi connectivity index (χ0n) is 8.18. The largest absolute Gasteiger partial charge is 0.364 e. The summed E-state index contributed by atoms with van der Waals surface area (Å²) >= 11 is 0. The van der Waals surface area contributed by atoms with Gasteiger partial charge in [0.2, 0.25) is 5.95 Å². The lowest BCUT2D eigenvalue weighted by atomic mass is 10.4. The van der Waals surface area contributed by atoms with E-state index in [1.54, 1.807) is 10.9 Å². The summed E-state index contributed by atoms with van der Waals surface area (Å²) in [4.78, 5) is 7.24.